The van der Waals surface area contributed by atoms with Gasteiger partial charge in [-0.3, -0.25) is 4.79 Å². The first kappa shape index (κ1) is 20.7. The Morgan fingerprint density at radius 1 is 1.24 bits per heavy atom. The van der Waals surface area contributed by atoms with Crippen LogP contribution in [0.25, 0.3) is 0 Å². The number of rotatable bonds is 7. The Balaban J connectivity index is 3.11. The summed E-state index contributed by atoms with van der Waals surface area (Å²) in [7, 11) is 0.791. The number of benzene rings is 1. The number of carbonyl (C=O) groups is 2. The number of hydrogen-bond acceptors (Lipinski definition) is 4. The first-order valence-corrected chi connectivity index (χ1v) is 7.43. The maximum Gasteiger partial charge on any atom is 0.432 e. The first-order valence-electron chi connectivity index (χ1n) is 7.43. The largest absolute Gasteiger partial charge is 0.460 e. The lowest BCUT2D eigenvalue weighted by Crippen LogP contribution is -2.52. The standard InChI is InChI=1S/C17H20F3NO4/c1-4-8-14(21-12(2)22)11-25-15(23)16(24-3,17(18,19)20)13-9-6-5-7-10-13/h4-10,14H,11H2,1-3H3,(H,21,22)/b8-4+/t14-,16-/m0/s1. The van der Waals surface area contributed by atoms with E-state index in [1.807, 2.05) is 0 Å². The Morgan fingerprint density at radius 2 is 1.84 bits per heavy atom. The van der Waals surface area contributed by atoms with Crippen LogP contribution in [0.2, 0.25) is 0 Å². The normalized spacial score (nSPS) is 15.4. The van der Waals surface area contributed by atoms with Crippen molar-refractivity contribution < 1.29 is 32.2 Å². The number of esters is 1. The molecule has 25 heavy (non-hydrogen) atoms. The molecule has 1 N–H and O–H groups in total. The average molecular weight is 359 g/mol. The summed E-state index contributed by atoms with van der Waals surface area (Å²) in [5, 5.41) is 2.46. The molecule has 0 spiro atoms. The highest BCUT2D eigenvalue weighted by molar-refractivity contribution is 5.82. The molecule has 138 valence electrons. The summed E-state index contributed by atoms with van der Waals surface area (Å²) in [6, 6.07) is 5.77. The second kappa shape index (κ2) is 8.66. The monoisotopic (exact) mass is 359 g/mol. The van der Waals surface area contributed by atoms with Crippen LogP contribution < -0.4 is 5.32 Å². The molecule has 1 rings (SSSR count). The minimum absolute atomic E-state index is 0.392. The number of carbonyl (C=O) groups excluding carboxylic acids is 2. The van der Waals surface area contributed by atoms with Crippen LogP contribution in [0.3, 0.4) is 0 Å². The summed E-state index contributed by atoms with van der Waals surface area (Å²) in [6.45, 7) is 2.45. The number of hydrogen-bond donors (Lipinski definition) is 1. The van der Waals surface area contributed by atoms with Crippen LogP contribution in [-0.4, -0.2) is 37.8 Å². The molecule has 0 bridgehead atoms. The minimum atomic E-state index is -5.04. The molecule has 0 aliphatic carbocycles. The predicted molar refractivity (Wildman–Crippen MR) is 84.6 cm³/mol. The van der Waals surface area contributed by atoms with E-state index in [0.717, 1.165) is 19.2 Å². The smallest absolute Gasteiger partial charge is 0.432 e. The maximum absolute atomic E-state index is 13.7. The van der Waals surface area contributed by atoms with Crippen LogP contribution in [0.15, 0.2) is 42.5 Å². The highest BCUT2D eigenvalue weighted by Crippen LogP contribution is 2.42. The number of methoxy groups -OCH3 is 1. The number of amides is 1. The lowest BCUT2D eigenvalue weighted by atomic mass is 9.93. The lowest BCUT2D eigenvalue weighted by Gasteiger charge is -2.32. The zero-order valence-corrected chi connectivity index (χ0v) is 14.1. The number of nitrogens with one attached hydrogen (secondary N) is 1. The van der Waals surface area contributed by atoms with Gasteiger partial charge in [-0.05, 0) is 6.92 Å². The van der Waals surface area contributed by atoms with Gasteiger partial charge in [0.2, 0.25) is 5.91 Å². The van der Waals surface area contributed by atoms with Crippen molar-refractivity contribution in [3.8, 4) is 0 Å². The molecule has 0 saturated carbocycles. The van der Waals surface area contributed by atoms with Crippen LogP contribution in [-0.2, 0) is 24.7 Å². The fraction of sp³-hybridized carbons (Fsp3) is 0.412. The Kier molecular flexibility index (Phi) is 7.17. The predicted octanol–water partition coefficient (Wildman–Crippen LogP) is 2.71. The SMILES string of the molecule is C/C=C/[C@@H](COC(=O)[C@@](OC)(c1ccccc1)C(F)(F)F)NC(C)=O. The molecular formula is C17H20F3NO4. The van der Waals surface area contributed by atoms with E-state index in [2.05, 4.69) is 10.1 Å². The van der Waals surface area contributed by atoms with Gasteiger partial charge in [0.05, 0.1) is 6.04 Å². The molecule has 0 saturated heterocycles. The van der Waals surface area contributed by atoms with E-state index in [-0.39, 0.29) is 0 Å². The molecule has 0 radical (unpaired) electrons. The van der Waals surface area contributed by atoms with Crippen molar-refractivity contribution in [1.82, 2.24) is 5.32 Å². The highest BCUT2D eigenvalue weighted by atomic mass is 19.4. The Morgan fingerprint density at radius 3 is 2.28 bits per heavy atom. The molecule has 0 aromatic heterocycles. The van der Waals surface area contributed by atoms with E-state index in [1.54, 1.807) is 13.0 Å². The third-order valence-corrected chi connectivity index (χ3v) is 3.38. The van der Waals surface area contributed by atoms with Gasteiger partial charge in [0, 0.05) is 19.6 Å². The van der Waals surface area contributed by atoms with Gasteiger partial charge in [-0.15, -0.1) is 0 Å². The lowest BCUT2D eigenvalue weighted by molar-refractivity contribution is -0.276. The third kappa shape index (κ3) is 4.82. The zero-order valence-electron chi connectivity index (χ0n) is 14.1. The molecule has 0 fully saturated rings. The van der Waals surface area contributed by atoms with Gasteiger partial charge in [-0.1, -0.05) is 42.5 Å². The second-order valence-electron chi connectivity index (χ2n) is 5.18. The van der Waals surface area contributed by atoms with Crippen molar-refractivity contribution >= 4 is 11.9 Å². The van der Waals surface area contributed by atoms with E-state index < -0.39 is 41.9 Å². The summed E-state index contributed by atoms with van der Waals surface area (Å²) in [5.74, 6) is -2.01. The van der Waals surface area contributed by atoms with Crippen LogP contribution in [0.5, 0.6) is 0 Å². The Hall–Kier alpha value is -2.35. The molecule has 0 unspecified atom stereocenters. The van der Waals surface area contributed by atoms with Crippen molar-refractivity contribution in [2.45, 2.75) is 31.7 Å². The van der Waals surface area contributed by atoms with Crippen LogP contribution in [0.1, 0.15) is 19.4 Å². The molecule has 0 heterocycles. The average Bonchev–Trinajstić information content (AvgIpc) is 2.53. The van der Waals surface area contributed by atoms with Gasteiger partial charge in [0.25, 0.3) is 5.60 Å². The van der Waals surface area contributed by atoms with Crippen molar-refractivity contribution in [3.63, 3.8) is 0 Å². The van der Waals surface area contributed by atoms with Gasteiger partial charge in [-0.25, -0.2) is 4.79 Å². The number of ether oxygens (including phenoxy) is 2. The number of allylic oxidation sites excluding steroid dienone is 1. The maximum atomic E-state index is 13.7. The molecule has 1 amide bonds. The summed E-state index contributed by atoms with van der Waals surface area (Å²) < 4.78 is 50.5. The van der Waals surface area contributed by atoms with Crippen molar-refractivity contribution in [1.29, 1.82) is 0 Å². The molecule has 0 aliphatic heterocycles. The van der Waals surface area contributed by atoms with Gasteiger partial charge >= 0.3 is 12.1 Å². The third-order valence-electron chi connectivity index (χ3n) is 3.38. The quantitative estimate of drug-likeness (QED) is 0.601. The van der Waals surface area contributed by atoms with E-state index in [4.69, 9.17) is 4.74 Å². The van der Waals surface area contributed by atoms with Crippen LogP contribution >= 0.6 is 0 Å². The van der Waals surface area contributed by atoms with Gasteiger partial charge < -0.3 is 14.8 Å². The van der Waals surface area contributed by atoms with Crippen LogP contribution in [0.4, 0.5) is 13.2 Å². The second-order valence-corrected chi connectivity index (χ2v) is 5.18. The van der Waals surface area contributed by atoms with Crippen molar-refractivity contribution in [2.75, 3.05) is 13.7 Å². The van der Waals surface area contributed by atoms with Crippen LogP contribution in [0, 0.1) is 0 Å². The van der Waals surface area contributed by atoms with Gasteiger partial charge in [0.1, 0.15) is 6.61 Å². The molecule has 2 atom stereocenters. The summed E-state index contributed by atoms with van der Waals surface area (Å²) in [4.78, 5) is 23.5. The number of halogens is 3. The van der Waals surface area contributed by atoms with E-state index in [0.29, 0.717) is 0 Å². The van der Waals surface area contributed by atoms with E-state index >= 15 is 0 Å². The zero-order chi connectivity index (χ0) is 19.1. The van der Waals surface area contributed by atoms with E-state index in [1.165, 1.54) is 31.2 Å². The molecule has 0 aliphatic rings. The Labute approximate surface area is 143 Å². The molecule has 8 heteroatoms. The Bertz CT molecular complexity index is 616. The van der Waals surface area contributed by atoms with Crippen molar-refractivity contribution in [3.05, 3.63) is 48.0 Å². The fourth-order valence-electron chi connectivity index (χ4n) is 2.29. The summed E-state index contributed by atoms with van der Waals surface area (Å²) >= 11 is 0. The summed E-state index contributed by atoms with van der Waals surface area (Å²) in [5.41, 5.74) is -3.64. The molecular weight excluding hydrogens is 339 g/mol. The van der Waals surface area contributed by atoms with Gasteiger partial charge in [0.15, 0.2) is 0 Å². The fourth-order valence-corrected chi connectivity index (χ4v) is 2.29. The highest BCUT2D eigenvalue weighted by Gasteiger charge is 2.64. The first-order chi connectivity index (χ1) is 11.7. The number of alkyl halides is 3. The van der Waals surface area contributed by atoms with E-state index in [9.17, 15) is 22.8 Å². The molecule has 5 nitrogen and oxygen atoms in total. The molecule has 1 aromatic rings. The van der Waals surface area contributed by atoms with Crippen molar-refractivity contribution in [2.24, 2.45) is 0 Å². The molecule has 1 aromatic carbocycles. The van der Waals surface area contributed by atoms with Gasteiger partial charge in [-0.2, -0.15) is 13.2 Å². The topological polar surface area (TPSA) is 64.6 Å². The summed E-state index contributed by atoms with van der Waals surface area (Å²) in [6.07, 6.45) is -1.96. The minimum Gasteiger partial charge on any atom is -0.460 e.